The molecule has 0 bridgehead atoms. The molecule has 0 aliphatic carbocycles. The number of piperazine rings is 1. The van der Waals surface area contributed by atoms with Gasteiger partial charge in [0, 0.05) is 53.1 Å². The Kier molecular flexibility index (Phi) is 6.11. The molecule has 2 aromatic heterocycles. The number of benzene rings is 2. The zero-order valence-corrected chi connectivity index (χ0v) is 22.5. The normalized spacial score (nSPS) is 22.9. The summed E-state index contributed by atoms with van der Waals surface area (Å²) >= 11 is 0. The Morgan fingerprint density at radius 1 is 1.05 bits per heavy atom. The molecule has 7 rings (SSSR count). The van der Waals surface area contributed by atoms with Gasteiger partial charge in [0.25, 0.3) is 0 Å². The van der Waals surface area contributed by atoms with Crippen LogP contribution in [-0.4, -0.2) is 75.9 Å². The highest BCUT2D eigenvalue weighted by Gasteiger charge is 2.52. The fraction of sp³-hybridized carbons (Fsp3) is 0.387. The Labute approximate surface area is 231 Å². The Hall–Kier alpha value is -4.11. The van der Waals surface area contributed by atoms with E-state index in [0.717, 1.165) is 45.0 Å². The van der Waals surface area contributed by atoms with Gasteiger partial charge in [-0.2, -0.15) is 0 Å². The lowest BCUT2D eigenvalue weighted by Gasteiger charge is -2.48. The number of rotatable bonds is 7. The van der Waals surface area contributed by atoms with Gasteiger partial charge in [0.15, 0.2) is 0 Å². The van der Waals surface area contributed by atoms with E-state index in [4.69, 9.17) is 4.74 Å². The number of carbonyl (C=O) groups is 3. The van der Waals surface area contributed by atoms with Crippen LogP contribution in [0.2, 0.25) is 0 Å². The quantitative estimate of drug-likeness (QED) is 0.313. The van der Waals surface area contributed by atoms with Crippen LogP contribution in [0, 0.1) is 0 Å². The lowest BCUT2D eigenvalue weighted by Crippen LogP contribution is -2.65. The van der Waals surface area contributed by atoms with Crippen molar-refractivity contribution in [1.82, 2.24) is 25.1 Å². The number of aromatic amines is 2. The molecule has 3 aliphatic heterocycles. The highest BCUT2D eigenvalue weighted by molar-refractivity contribution is 5.99. The molecule has 40 heavy (non-hydrogen) atoms. The van der Waals surface area contributed by atoms with Gasteiger partial charge in [0.05, 0.1) is 13.2 Å². The van der Waals surface area contributed by atoms with Crippen molar-refractivity contribution in [1.29, 1.82) is 0 Å². The first kappa shape index (κ1) is 24.9. The summed E-state index contributed by atoms with van der Waals surface area (Å²) in [6.45, 7) is 1.13. The van der Waals surface area contributed by atoms with E-state index >= 15 is 0 Å². The van der Waals surface area contributed by atoms with Crippen LogP contribution >= 0.6 is 0 Å². The van der Waals surface area contributed by atoms with Gasteiger partial charge in [-0.25, -0.2) is 0 Å². The summed E-state index contributed by atoms with van der Waals surface area (Å²) in [5, 5.41) is 5.60. The molecular weight excluding hydrogens is 506 g/mol. The third-order valence-electron chi connectivity index (χ3n) is 9.00. The number of carbonyl (C=O) groups excluding carboxylic acids is 3. The first-order valence-electron chi connectivity index (χ1n) is 14.1. The molecule has 2 amide bonds. The van der Waals surface area contributed by atoms with Gasteiger partial charge in [-0.05, 0) is 49.1 Å². The molecule has 0 radical (unpaired) electrons. The smallest absolute Gasteiger partial charge is 0.323 e. The van der Waals surface area contributed by atoms with Crippen LogP contribution in [0.5, 0.6) is 0 Å². The third-order valence-corrected chi connectivity index (χ3v) is 9.00. The minimum Gasteiger partial charge on any atom is -0.468 e. The Morgan fingerprint density at radius 3 is 2.65 bits per heavy atom. The molecule has 2 saturated heterocycles. The van der Waals surface area contributed by atoms with Crippen molar-refractivity contribution >= 4 is 39.6 Å². The topological polar surface area (TPSA) is 111 Å². The molecule has 9 heteroatoms. The fourth-order valence-corrected chi connectivity index (χ4v) is 7.12. The average molecular weight is 540 g/mol. The van der Waals surface area contributed by atoms with Gasteiger partial charge >= 0.3 is 5.97 Å². The molecule has 9 nitrogen and oxygen atoms in total. The molecule has 0 saturated carbocycles. The van der Waals surface area contributed by atoms with Crippen molar-refractivity contribution in [2.75, 3.05) is 20.2 Å². The highest BCUT2D eigenvalue weighted by atomic mass is 16.5. The standard InChI is InChI=1S/C31H33N5O4/c1-40-31(39)24(15-18-17-33-22-9-4-2-7-19(18)22)32-13-12-25-28-21(20-8-3-5-10-23(20)34-28)16-27-29(37)35-14-6-11-26(35)30(38)36(25)27/h2-5,7-10,17,24-27,32-34H,6,11-16H2,1H3/t24-,25-,26+,27+/m1/s1. The molecule has 4 aromatic rings. The number of H-pyrrole nitrogens is 2. The Bertz CT molecular complexity index is 1620. The summed E-state index contributed by atoms with van der Waals surface area (Å²) in [6, 6.07) is 14.4. The summed E-state index contributed by atoms with van der Waals surface area (Å²) < 4.78 is 5.14. The molecule has 2 aromatic carbocycles. The molecule has 206 valence electrons. The lowest BCUT2D eigenvalue weighted by molar-refractivity contribution is -0.163. The first-order valence-corrected chi connectivity index (χ1v) is 14.1. The van der Waals surface area contributed by atoms with E-state index in [1.165, 1.54) is 7.11 Å². The number of ether oxygens (including phenoxy) is 1. The van der Waals surface area contributed by atoms with Crippen LogP contribution in [0.4, 0.5) is 0 Å². The number of aromatic nitrogens is 2. The van der Waals surface area contributed by atoms with Crippen molar-refractivity contribution in [3.8, 4) is 0 Å². The van der Waals surface area contributed by atoms with Crippen LogP contribution in [0.15, 0.2) is 54.7 Å². The number of nitrogens with zero attached hydrogens (tertiary/aromatic N) is 2. The molecule has 3 N–H and O–H groups in total. The Morgan fingerprint density at radius 2 is 1.82 bits per heavy atom. The largest absolute Gasteiger partial charge is 0.468 e. The predicted octanol–water partition coefficient (Wildman–Crippen LogP) is 3.21. The van der Waals surface area contributed by atoms with Gasteiger partial charge in [-0.1, -0.05) is 36.4 Å². The molecule has 0 spiro atoms. The van der Waals surface area contributed by atoms with Crippen molar-refractivity contribution in [3.05, 3.63) is 71.5 Å². The summed E-state index contributed by atoms with van der Waals surface area (Å²) in [5.41, 5.74) is 5.18. The number of hydrogen-bond donors (Lipinski definition) is 3. The van der Waals surface area contributed by atoms with E-state index in [0.29, 0.717) is 38.8 Å². The number of amides is 2. The monoisotopic (exact) mass is 539 g/mol. The minimum atomic E-state index is -0.546. The van der Waals surface area contributed by atoms with E-state index < -0.39 is 12.1 Å². The number of hydrogen-bond acceptors (Lipinski definition) is 5. The number of fused-ring (bicyclic) bond motifs is 6. The zero-order chi connectivity index (χ0) is 27.4. The molecule has 3 aliphatic rings. The molecule has 2 fully saturated rings. The molecular formula is C31H33N5O4. The van der Waals surface area contributed by atoms with Crippen LogP contribution in [0.25, 0.3) is 21.8 Å². The third kappa shape index (κ3) is 3.91. The summed E-state index contributed by atoms with van der Waals surface area (Å²) in [7, 11) is 1.40. The lowest BCUT2D eigenvalue weighted by atomic mass is 9.86. The first-order chi connectivity index (χ1) is 19.5. The second-order valence-corrected chi connectivity index (χ2v) is 11.1. The van der Waals surface area contributed by atoms with Gasteiger partial charge in [0.2, 0.25) is 11.8 Å². The average Bonchev–Trinajstić information content (AvgIpc) is 3.72. The highest BCUT2D eigenvalue weighted by Crippen LogP contribution is 2.43. The van der Waals surface area contributed by atoms with Gasteiger partial charge in [-0.15, -0.1) is 0 Å². The van der Waals surface area contributed by atoms with E-state index in [9.17, 15) is 14.4 Å². The number of esters is 1. The van der Waals surface area contributed by atoms with E-state index in [1.54, 1.807) is 4.90 Å². The van der Waals surface area contributed by atoms with Crippen molar-refractivity contribution in [2.24, 2.45) is 0 Å². The molecule has 5 heterocycles. The summed E-state index contributed by atoms with van der Waals surface area (Å²) in [5.74, 6) is -0.230. The molecule has 4 atom stereocenters. The van der Waals surface area contributed by atoms with Crippen molar-refractivity contribution < 1.29 is 19.1 Å². The second-order valence-electron chi connectivity index (χ2n) is 11.1. The maximum Gasteiger partial charge on any atom is 0.323 e. The summed E-state index contributed by atoms with van der Waals surface area (Å²) in [6.07, 6.45) is 5.06. The molecule has 0 unspecified atom stereocenters. The van der Waals surface area contributed by atoms with Crippen LogP contribution in [0.3, 0.4) is 0 Å². The number of nitrogens with one attached hydrogen (secondary N) is 3. The fourth-order valence-electron chi connectivity index (χ4n) is 7.12. The maximum absolute atomic E-state index is 13.8. The van der Waals surface area contributed by atoms with Crippen LogP contribution in [0.1, 0.15) is 42.1 Å². The van der Waals surface area contributed by atoms with Crippen molar-refractivity contribution in [2.45, 2.75) is 56.3 Å². The van der Waals surface area contributed by atoms with Gasteiger partial charge in [0.1, 0.15) is 18.1 Å². The van der Waals surface area contributed by atoms with E-state index in [2.05, 4.69) is 21.4 Å². The van der Waals surface area contributed by atoms with E-state index in [1.807, 2.05) is 53.6 Å². The van der Waals surface area contributed by atoms with Gasteiger partial charge < -0.3 is 29.8 Å². The Balaban J connectivity index is 1.18. The van der Waals surface area contributed by atoms with Crippen LogP contribution in [-0.2, 0) is 32.0 Å². The summed E-state index contributed by atoms with van der Waals surface area (Å²) in [4.78, 5) is 50.8. The van der Waals surface area contributed by atoms with E-state index in [-0.39, 0.29) is 29.9 Å². The van der Waals surface area contributed by atoms with Crippen LogP contribution < -0.4 is 5.32 Å². The SMILES string of the molecule is COC(=O)[C@@H](Cc1c[nH]c2ccccc12)NCC[C@@H]1c2[nH]c3ccccc3c2C[C@H]2C(=O)N3CCC[C@H]3C(=O)N12. The second kappa shape index (κ2) is 9.82. The van der Waals surface area contributed by atoms with Gasteiger partial charge in [-0.3, -0.25) is 14.4 Å². The number of methoxy groups -OCH3 is 1. The maximum atomic E-state index is 13.8. The number of para-hydroxylation sites is 2. The predicted molar refractivity (Wildman–Crippen MR) is 151 cm³/mol. The van der Waals surface area contributed by atoms with Crippen molar-refractivity contribution in [3.63, 3.8) is 0 Å². The zero-order valence-electron chi connectivity index (χ0n) is 22.5. The minimum absolute atomic E-state index is 0.0414.